The Morgan fingerprint density at radius 2 is 1.84 bits per heavy atom. The fraction of sp³-hybridized carbons (Fsp3) is 0.355. The standard InChI is InChI=1S/C31H34F3N7O2/c1-36-28(26-13-15-37-41(26)25-12-11-20(19-35)17-21(25)14-16-40(2)3)27(29(42)38-23-8-4-5-9-23)30(43)39-24-10-6-7-22(18-24)31(32,33)34/h6-7,10-13,15,17-18,23,36H,4-5,8-9,14,16H2,1-3H3,(H,38,42)(H,39,43)/b28-27-. The summed E-state index contributed by atoms with van der Waals surface area (Å²) in [7, 11) is 5.43. The highest BCUT2D eigenvalue weighted by Crippen LogP contribution is 2.31. The molecule has 1 aromatic heterocycles. The molecular formula is C31H34F3N7O2. The minimum atomic E-state index is -4.60. The van der Waals surface area contributed by atoms with Gasteiger partial charge in [0.05, 0.1) is 40.5 Å². The first-order chi connectivity index (χ1) is 20.5. The Labute approximate surface area is 248 Å². The van der Waals surface area contributed by atoms with E-state index in [4.69, 9.17) is 0 Å². The van der Waals surface area contributed by atoms with Crippen LogP contribution in [0, 0.1) is 11.3 Å². The fourth-order valence-electron chi connectivity index (χ4n) is 5.10. The summed E-state index contributed by atoms with van der Waals surface area (Å²) in [4.78, 5) is 29.5. The van der Waals surface area contributed by atoms with Crippen LogP contribution in [0.3, 0.4) is 0 Å². The van der Waals surface area contributed by atoms with Gasteiger partial charge in [-0.05, 0) is 81.4 Å². The normalized spacial score (nSPS) is 14.3. The average Bonchev–Trinajstić information content (AvgIpc) is 3.66. The Bertz CT molecular complexity index is 1550. The van der Waals surface area contributed by atoms with Gasteiger partial charge in [0.2, 0.25) is 0 Å². The van der Waals surface area contributed by atoms with Crippen LogP contribution in [0.1, 0.15) is 48.1 Å². The summed E-state index contributed by atoms with van der Waals surface area (Å²) in [6.45, 7) is 0.696. The van der Waals surface area contributed by atoms with Crippen molar-refractivity contribution >= 4 is 23.2 Å². The number of alkyl halides is 3. The fourth-order valence-corrected chi connectivity index (χ4v) is 5.10. The molecule has 3 aromatic rings. The van der Waals surface area contributed by atoms with Crippen molar-refractivity contribution in [3.63, 3.8) is 0 Å². The number of rotatable bonds is 10. The molecule has 1 aliphatic carbocycles. The van der Waals surface area contributed by atoms with Gasteiger partial charge in [0, 0.05) is 25.3 Å². The lowest BCUT2D eigenvalue weighted by atomic mass is 10.0. The van der Waals surface area contributed by atoms with Crippen molar-refractivity contribution in [1.82, 2.24) is 25.3 Å². The van der Waals surface area contributed by atoms with Crippen LogP contribution in [0.5, 0.6) is 0 Å². The lowest BCUT2D eigenvalue weighted by Gasteiger charge is -2.20. The largest absolute Gasteiger partial charge is 0.416 e. The third kappa shape index (κ3) is 7.61. The second-order valence-corrected chi connectivity index (χ2v) is 10.6. The molecule has 0 atom stereocenters. The van der Waals surface area contributed by atoms with Gasteiger partial charge in [0.25, 0.3) is 11.8 Å². The van der Waals surface area contributed by atoms with Crippen LogP contribution >= 0.6 is 0 Å². The monoisotopic (exact) mass is 593 g/mol. The minimum absolute atomic E-state index is 0.104. The molecule has 0 radical (unpaired) electrons. The summed E-state index contributed by atoms with van der Waals surface area (Å²) in [6.07, 6.45) is 0.940. The van der Waals surface area contributed by atoms with E-state index >= 15 is 0 Å². The molecule has 1 saturated carbocycles. The van der Waals surface area contributed by atoms with Crippen LogP contribution in [0.25, 0.3) is 11.4 Å². The van der Waals surface area contributed by atoms with Crippen LogP contribution in [0.4, 0.5) is 18.9 Å². The van der Waals surface area contributed by atoms with E-state index < -0.39 is 23.6 Å². The van der Waals surface area contributed by atoms with Crippen LogP contribution < -0.4 is 16.0 Å². The molecule has 1 heterocycles. The van der Waals surface area contributed by atoms with Gasteiger partial charge in [-0.1, -0.05) is 18.9 Å². The SMILES string of the molecule is CN/C(=C(\C(=O)Nc1cccc(C(F)(F)F)c1)C(=O)NC1CCCC1)c1ccnn1-c1ccc(C#N)cc1CCN(C)C. The highest BCUT2D eigenvalue weighted by molar-refractivity contribution is 6.27. The molecule has 12 heteroatoms. The van der Waals surface area contributed by atoms with Gasteiger partial charge >= 0.3 is 6.18 Å². The molecule has 43 heavy (non-hydrogen) atoms. The lowest BCUT2D eigenvalue weighted by molar-refractivity contribution is -0.137. The third-order valence-corrected chi connectivity index (χ3v) is 7.26. The number of anilines is 1. The van der Waals surface area contributed by atoms with Crippen molar-refractivity contribution in [3.8, 4) is 11.8 Å². The maximum atomic E-state index is 13.7. The molecule has 0 bridgehead atoms. The summed E-state index contributed by atoms with van der Waals surface area (Å²) in [5, 5.41) is 22.4. The van der Waals surface area contributed by atoms with Gasteiger partial charge in [-0.15, -0.1) is 0 Å². The number of hydrogen-bond donors (Lipinski definition) is 3. The summed E-state index contributed by atoms with van der Waals surface area (Å²) in [5.74, 6) is -1.53. The Balaban J connectivity index is 1.82. The van der Waals surface area contributed by atoms with Crippen LogP contribution in [-0.2, 0) is 22.2 Å². The van der Waals surface area contributed by atoms with E-state index in [1.807, 2.05) is 19.0 Å². The number of likely N-dealkylation sites (N-methyl/N-ethyl adjacent to an activating group) is 1. The number of benzene rings is 2. The van der Waals surface area contributed by atoms with E-state index in [1.54, 1.807) is 36.0 Å². The third-order valence-electron chi connectivity index (χ3n) is 7.26. The maximum absolute atomic E-state index is 13.7. The summed E-state index contributed by atoms with van der Waals surface area (Å²) < 4.78 is 41.6. The smallest absolute Gasteiger partial charge is 0.386 e. The topological polar surface area (TPSA) is 115 Å². The predicted octanol–water partition coefficient (Wildman–Crippen LogP) is 4.49. The molecule has 0 saturated heterocycles. The highest BCUT2D eigenvalue weighted by atomic mass is 19.4. The molecule has 1 fully saturated rings. The molecule has 9 nitrogen and oxygen atoms in total. The first-order valence-corrected chi connectivity index (χ1v) is 14.0. The number of carbonyl (C=O) groups is 2. The molecule has 0 spiro atoms. The Kier molecular flexibility index (Phi) is 9.88. The van der Waals surface area contributed by atoms with Gasteiger partial charge in [0.15, 0.2) is 0 Å². The van der Waals surface area contributed by atoms with Crippen molar-refractivity contribution in [2.24, 2.45) is 0 Å². The average molecular weight is 594 g/mol. The number of aromatic nitrogens is 2. The number of amides is 2. The second kappa shape index (κ2) is 13.6. The molecule has 226 valence electrons. The molecule has 4 rings (SSSR count). The Hall–Kier alpha value is -4.63. The molecule has 0 aliphatic heterocycles. The lowest BCUT2D eigenvalue weighted by Crippen LogP contribution is -2.38. The van der Waals surface area contributed by atoms with Crippen molar-refractivity contribution in [2.75, 3.05) is 33.0 Å². The van der Waals surface area contributed by atoms with E-state index in [2.05, 4.69) is 27.1 Å². The van der Waals surface area contributed by atoms with Gasteiger partial charge in [-0.25, -0.2) is 4.68 Å². The van der Waals surface area contributed by atoms with Crippen molar-refractivity contribution in [2.45, 2.75) is 44.3 Å². The zero-order valence-corrected chi connectivity index (χ0v) is 24.3. The Morgan fingerprint density at radius 3 is 2.49 bits per heavy atom. The van der Waals surface area contributed by atoms with Gasteiger partial charge in [0.1, 0.15) is 5.57 Å². The minimum Gasteiger partial charge on any atom is -0.386 e. The number of nitrogens with one attached hydrogen (secondary N) is 3. The number of nitriles is 1. The van der Waals surface area contributed by atoms with Crippen molar-refractivity contribution in [1.29, 1.82) is 5.26 Å². The predicted molar refractivity (Wildman–Crippen MR) is 157 cm³/mol. The Morgan fingerprint density at radius 1 is 1.09 bits per heavy atom. The van der Waals surface area contributed by atoms with E-state index in [9.17, 15) is 28.0 Å². The molecule has 2 amide bonds. The van der Waals surface area contributed by atoms with Gasteiger partial charge in [-0.2, -0.15) is 23.5 Å². The summed E-state index contributed by atoms with van der Waals surface area (Å²) in [5.41, 5.74) is 1.16. The van der Waals surface area contributed by atoms with Crippen molar-refractivity contribution in [3.05, 3.63) is 82.7 Å². The summed E-state index contributed by atoms with van der Waals surface area (Å²) in [6, 6.07) is 13.1. The van der Waals surface area contributed by atoms with Gasteiger partial charge in [-0.3, -0.25) is 9.59 Å². The number of carbonyl (C=O) groups excluding carboxylic acids is 2. The van der Waals surface area contributed by atoms with E-state index in [-0.39, 0.29) is 23.0 Å². The highest BCUT2D eigenvalue weighted by Gasteiger charge is 2.32. The first kappa shape index (κ1) is 31.3. The van der Waals surface area contributed by atoms with Crippen LogP contribution in [-0.4, -0.2) is 60.2 Å². The van der Waals surface area contributed by atoms with Crippen LogP contribution in [0.2, 0.25) is 0 Å². The van der Waals surface area contributed by atoms with E-state index in [0.717, 1.165) is 43.4 Å². The molecule has 0 unspecified atom stereocenters. The van der Waals surface area contributed by atoms with E-state index in [1.165, 1.54) is 18.3 Å². The zero-order valence-electron chi connectivity index (χ0n) is 24.3. The molecular weight excluding hydrogens is 559 g/mol. The van der Waals surface area contributed by atoms with Crippen molar-refractivity contribution < 1.29 is 22.8 Å². The molecule has 2 aromatic carbocycles. The van der Waals surface area contributed by atoms with Crippen LogP contribution in [0.15, 0.2) is 60.3 Å². The molecule has 1 aliphatic rings. The number of halogens is 3. The second-order valence-electron chi connectivity index (χ2n) is 10.6. The number of nitrogens with zero attached hydrogens (tertiary/aromatic N) is 4. The number of hydrogen-bond acceptors (Lipinski definition) is 6. The quantitative estimate of drug-likeness (QED) is 0.181. The van der Waals surface area contributed by atoms with E-state index in [0.29, 0.717) is 29.9 Å². The van der Waals surface area contributed by atoms with Gasteiger partial charge < -0.3 is 20.9 Å². The maximum Gasteiger partial charge on any atom is 0.416 e. The first-order valence-electron chi connectivity index (χ1n) is 14.0. The summed E-state index contributed by atoms with van der Waals surface area (Å²) >= 11 is 0. The zero-order chi connectivity index (χ0) is 31.1. The molecule has 3 N–H and O–H groups in total.